The number of ether oxygens (including phenoxy) is 1. The number of rotatable bonds is 5. The van der Waals surface area contributed by atoms with Crippen LogP contribution < -0.4 is 4.52 Å². The number of hydrogen-bond donors (Lipinski definition) is 2. The van der Waals surface area contributed by atoms with Gasteiger partial charge in [0.15, 0.2) is 5.75 Å². The van der Waals surface area contributed by atoms with E-state index in [2.05, 4.69) is 4.98 Å². The maximum atomic E-state index is 11.8. The smallest absolute Gasteiger partial charge is 0.496 e. The van der Waals surface area contributed by atoms with Crippen molar-refractivity contribution < 1.29 is 23.6 Å². The Morgan fingerprint density at radius 1 is 1.03 bits per heavy atom. The summed E-state index contributed by atoms with van der Waals surface area (Å²) in [6, 6.07) is 13.5. The van der Waals surface area contributed by atoms with Crippen molar-refractivity contribution in [1.82, 2.24) is 4.98 Å². The number of aromatic nitrogens is 1. The molecule has 0 atom stereocenters. The summed E-state index contributed by atoms with van der Waals surface area (Å²) in [6.45, 7) is 0. The van der Waals surface area contributed by atoms with Crippen LogP contribution in [0.25, 0.3) is 26.5 Å². The molecule has 4 aliphatic rings. The summed E-state index contributed by atoms with van der Waals surface area (Å²) in [7, 11) is -3.06. The van der Waals surface area contributed by atoms with Crippen LogP contribution in [0.1, 0.15) is 37.7 Å². The molecule has 172 valence electrons. The molecule has 4 bridgehead atoms. The molecule has 0 radical (unpaired) electrons. The molecule has 4 aliphatic carbocycles. The minimum atomic E-state index is -4.76. The van der Waals surface area contributed by atoms with E-state index in [0.29, 0.717) is 17.4 Å². The van der Waals surface area contributed by atoms with Crippen molar-refractivity contribution >= 4 is 35.1 Å². The zero-order valence-electron chi connectivity index (χ0n) is 18.3. The van der Waals surface area contributed by atoms with E-state index in [1.54, 1.807) is 13.2 Å². The predicted molar refractivity (Wildman–Crippen MR) is 129 cm³/mol. The highest BCUT2D eigenvalue weighted by Crippen LogP contribution is 2.58. The molecule has 0 amide bonds. The highest BCUT2D eigenvalue weighted by Gasteiger charge is 2.46. The summed E-state index contributed by atoms with van der Waals surface area (Å²) in [4.78, 5) is 23.8. The van der Waals surface area contributed by atoms with E-state index >= 15 is 0 Å². The second kappa shape index (κ2) is 7.95. The molecule has 3 aromatic rings. The van der Waals surface area contributed by atoms with Crippen molar-refractivity contribution in [3.63, 3.8) is 0 Å². The van der Waals surface area contributed by atoms with Crippen LogP contribution in [0.5, 0.6) is 5.75 Å². The van der Waals surface area contributed by atoms with Gasteiger partial charge in [-0.25, -0.2) is 9.55 Å². The maximum Gasteiger partial charge on any atom is 0.524 e. The van der Waals surface area contributed by atoms with Gasteiger partial charge in [0, 0.05) is 11.1 Å². The van der Waals surface area contributed by atoms with Crippen LogP contribution >= 0.6 is 19.2 Å². The molecule has 6 nitrogen and oxygen atoms in total. The maximum absolute atomic E-state index is 11.8. The molecule has 2 aromatic carbocycles. The van der Waals surface area contributed by atoms with E-state index in [1.165, 1.54) is 49.0 Å². The topological polar surface area (TPSA) is 88.9 Å². The number of fused-ring (bicyclic) bond motifs is 1. The molecule has 2 N–H and O–H groups in total. The molecule has 0 aliphatic heterocycles. The quantitative estimate of drug-likeness (QED) is 0.329. The van der Waals surface area contributed by atoms with Gasteiger partial charge in [-0.3, -0.25) is 9.79 Å². The summed E-state index contributed by atoms with van der Waals surface area (Å²) >= 11 is 1.49. The monoisotopic (exact) mass is 483 g/mol. The molecule has 0 saturated heterocycles. The summed E-state index contributed by atoms with van der Waals surface area (Å²) in [5.74, 6) is 3.68. The molecule has 1 heterocycles. The van der Waals surface area contributed by atoms with Gasteiger partial charge in [-0.2, -0.15) is 0 Å². The SMILES string of the molecule is COC(=C1C2CC3CC(C2)CC1C3)c1cc(OP(=O)(O)O)c2nc(-c3ccccc3)sc2c1. The summed E-state index contributed by atoms with van der Waals surface area (Å²) < 4.78 is 23.7. The van der Waals surface area contributed by atoms with E-state index < -0.39 is 7.82 Å². The number of benzene rings is 2. The summed E-state index contributed by atoms with van der Waals surface area (Å²) in [5.41, 5.74) is 3.60. The van der Waals surface area contributed by atoms with Crippen LogP contribution in [-0.2, 0) is 9.30 Å². The highest BCUT2D eigenvalue weighted by molar-refractivity contribution is 7.46. The van der Waals surface area contributed by atoms with Gasteiger partial charge >= 0.3 is 7.82 Å². The lowest BCUT2D eigenvalue weighted by atomic mass is 9.54. The molecule has 0 spiro atoms. The second-order valence-electron chi connectivity index (χ2n) is 9.58. The third-order valence-electron chi connectivity index (χ3n) is 7.44. The van der Waals surface area contributed by atoms with Gasteiger partial charge in [0.05, 0.1) is 11.8 Å². The van der Waals surface area contributed by atoms with Crippen LogP contribution in [0.3, 0.4) is 0 Å². The number of phosphoric acid groups is 1. The van der Waals surface area contributed by atoms with Crippen molar-refractivity contribution in [1.29, 1.82) is 0 Å². The molecule has 7 rings (SSSR count). The fourth-order valence-electron chi connectivity index (χ4n) is 6.50. The van der Waals surface area contributed by atoms with Gasteiger partial charge < -0.3 is 9.26 Å². The van der Waals surface area contributed by atoms with Gasteiger partial charge in [0.1, 0.15) is 16.3 Å². The number of thiazole rings is 1. The summed E-state index contributed by atoms with van der Waals surface area (Å²) in [6.07, 6.45) is 6.27. The Bertz CT molecular complexity index is 1260. The van der Waals surface area contributed by atoms with Crippen molar-refractivity contribution in [3.8, 4) is 16.3 Å². The van der Waals surface area contributed by atoms with Crippen molar-refractivity contribution in [2.24, 2.45) is 23.7 Å². The molecular weight excluding hydrogens is 457 g/mol. The van der Waals surface area contributed by atoms with Crippen molar-refractivity contribution in [2.45, 2.75) is 32.1 Å². The number of allylic oxidation sites excluding steroid dienone is 1. The molecule has 0 unspecified atom stereocenters. The average Bonchev–Trinajstić information content (AvgIpc) is 3.20. The van der Waals surface area contributed by atoms with Crippen LogP contribution in [0.4, 0.5) is 0 Å². The van der Waals surface area contributed by atoms with Gasteiger partial charge in [0.25, 0.3) is 0 Å². The molecular formula is C25H26NO5PS. The van der Waals surface area contributed by atoms with E-state index in [9.17, 15) is 14.4 Å². The van der Waals surface area contributed by atoms with Gasteiger partial charge in [-0.1, -0.05) is 30.3 Å². The van der Waals surface area contributed by atoms with E-state index in [0.717, 1.165) is 38.4 Å². The van der Waals surface area contributed by atoms with Crippen LogP contribution in [-0.4, -0.2) is 21.9 Å². The largest absolute Gasteiger partial charge is 0.524 e. The average molecular weight is 484 g/mol. The Labute approximate surface area is 196 Å². The number of phosphoric ester groups is 1. The molecule has 8 heteroatoms. The first kappa shape index (κ1) is 21.4. The Balaban J connectivity index is 1.51. The van der Waals surface area contributed by atoms with Crippen molar-refractivity contribution in [2.75, 3.05) is 7.11 Å². The van der Waals surface area contributed by atoms with E-state index in [-0.39, 0.29) is 5.75 Å². The normalized spacial score (nSPS) is 26.1. The second-order valence-corrected chi connectivity index (χ2v) is 11.8. The van der Waals surface area contributed by atoms with Crippen LogP contribution in [0.2, 0.25) is 0 Å². The van der Waals surface area contributed by atoms with Crippen LogP contribution in [0.15, 0.2) is 48.0 Å². The van der Waals surface area contributed by atoms with E-state index in [4.69, 9.17) is 9.26 Å². The number of methoxy groups -OCH3 is 1. The Morgan fingerprint density at radius 3 is 2.30 bits per heavy atom. The molecule has 4 saturated carbocycles. The molecule has 4 fully saturated rings. The number of hydrogen-bond acceptors (Lipinski definition) is 5. The van der Waals surface area contributed by atoms with Crippen LogP contribution in [0, 0.1) is 23.7 Å². The lowest BCUT2D eigenvalue weighted by molar-refractivity contribution is 0.0675. The van der Waals surface area contributed by atoms with Gasteiger partial charge in [-0.05, 0) is 73.5 Å². The van der Waals surface area contributed by atoms with Gasteiger partial charge in [-0.15, -0.1) is 11.3 Å². The zero-order chi connectivity index (χ0) is 22.7. The van der Waals surface area contributed by atoms with E-state index in [1.807, 2.05) is 36.4 Å². The Morgan fingerprint density at radius 2 is 1.70 bits per heavy atom. The first-order valence-electron chi connectivity index (χ1n) is 11.4. The lowest BCUT2D eigenvalue weighted by Crippen LogP contribution is -2.40. The third-order valence-corrected chi connectivity index (χ3v) is 8.93. The fraction of sp³-hybridized carbons (Fsp3) is 0.400. The first-order chi connectivity index (χ1) is 15.9. The number of nitrogens with zero attached hydrogens (tertiary/aromatic N) is 1. The molecule has 33 heavy (non-hydrogen) atoms. The lowest BCUT2D eigenvalue weighted by Gasteiger charge is -2.51. The third kappa shape index (κ3) is 3.91. The molecule has 1 aromatic heterocycles. The van der Waals surface area contributed by atoms with Crippen molar-refractivity contribution in [3.05, 3.63) is 53.6 Å². The minimum absolute atomic E-state index is 0.0910. The highest BCUT2D eigenvalue weighted by atomic mass is 32.1. The minimum Gasteiger partial charge on any atom is -0.496 e. The Kier molecular flexibility index (Phi) is 5.15. The fourth-order valence-corrected chi connectivity index (χ4v) is 7.92. The Hall–Kier alpha value is -2.18. The predicted octanol–water partition coefficient (Wildman–Crippen LogP) is 6.25. The van der Waals surface area contributed by atoms with Gasteiger partial charge in [0.2, 0.25) is 0 Å². The first-order valence-corrected chi connectivity index (χ1v) is 13.8. The zero-order valence-corrected chi connectivity index (χ0v) is 20.0. The standard InChI is InChI=1S/C25H26NO5PS/c1-30-24(22-17-8-14-7-15(10-17)11-18(22)9-14)19-12-20(31-32(27,28)29)23-21(13-19)33-25(26-23)16-5-3-2-4-6-16/h2-6,12-15,17-18H,7-11H2,1H3,(H2,27,28,29). The summed E-state index contributed by atoms with van der Waals surface area (Å²) in [5, 5.41) is 0.777.